The highest BCUT2D eigenvalue weighted by Crippen LogP contribution is 2.41. The molecule has 2 aliphatic rings. The molecular weight excluding hydrogens is 196 g/mol. The molecule has 0 amide bonds. The Bertz CT molecular complexity index is 400. The lowest BCUT2D eigenvalue weighted by Gasteiger charge is -2.27. The first-order chi connectivity index (χ1) is 7.89. The first kappa shape index (κ1) is 9.86. The minimum atomic E-state index is -0.101. The Kier molecular flexibility index (Phi) is 2.41. The van der Waals surface area contributed by atoms with Crippen molar-refractivity contribution in [1.29, 1.82) is 0 Å². The maximum absolute atomic E-state index is 6.13. The quantitative estimate of drug-likeness (QED) is 0.697. The zero-order valence-corrected chi connectivity index (χ0v) is 9.30. The third kappa shape index (κ3) is 1.61. The van der Waals surface area contributed by atoms with Gasteiger partial charge in [-0.1, -0.05) is 54.6 Å². The molecule has 0 atom stereocenters. The van der Waals surface area contributed by atoms with Crippen LogP contribution in [0.5, 0.6) is 0 Å². The molecule has 0 saturated carbocycles. The summed E-state index contributed by atoms with van der Waals surface area (Å²) in [6.45, 7) is 0.700. The van der Waals surface area contributed by atoms with Gasteiger partial charge >= 0.3 is 0 Å². The molecule has 3 rings (SSSR count). The summed E-state index contributed by atoms with van der Waals surface area (Å²) in [5.41, 5.74) is 1.15. The smallest absolute Gasteiger partial charge is 0.108 e. The van der Waals surface area contributed by atoms with Crippen molar-refractivity contribution < 1.29 is 4.74 Å². The van der Waals surface area contributed by atoms with Crippen molar-refractivity contribution in [3.05, 3.63) is 60.2 Å². The zero-order chi connectivity index (χ0) is 10.8. The molecule has 0 saturated heterocycles. The number of ether oxygens (including phenoxy) is 1. The first-order valence-electron chi connectivity index (χ1n) is 5.92. The SMILES string of the molecule is C1=CC2(OCc3ccccc3)C=CCC2C1. The van der Waals surface area contributed by atoms with E-state index in [0.717, 1.165) is 12.8 Å². The van der Waals surface area contributed by atoms with Crippen LogP contribution in [0.25, 0.3) is 0 Å². The lowest BCUT2D eigenvalue weighted by molar-refractivity contribution is -0.0110. The number of benzene rings is 1. The summed E-state index contributed by atoms with van der Waals surface area (Å²) in [5.74, 6) is 0.635. The Morgan fingerprint density at radius 2 is 1.75 bits per heavy atom. The third-order valence-corrected chi connectivity index (χ3v) is 3.57. The highest BCUT2D eigenvalue weighted by atomic mass is 16.5. The maximum atomic E-state index is 6.13. The second-order valence-corrected chi connectivity index (χ2v) is 4.60. The van der Waals surface area contributed by atoms with Gasteiger partial charge in [-0.2, -0.15) is 0 Å². The number of hydrogen-bond acceptors (Lipinski definition) is 1. The number of allylic oxidation sites excluding steroid dienone is 2. The topological polar surface area (TPSA) is 9.23 Å². The largest absolute Gasteiger partial charge is 0.362 e. The van der Waals surface area contributed by atoms with Gasteiger partial charge in [-0.3, -0.25) is 0 Å². The van der Waals surface area contributed by atoms with Gasteiger partial charge in [0.2, 0.25) is 0 Å². The molecule has 1 heteroatoms. The van der Waals surface area contributed by atoms with E-state index in [-0.39, 0.29) is 5.60 Å². The fourth-order valence-electron chi connectivity index (χ4n) is 2.62. The van der Waals surface area contributed by atoms with Gasteiger partial charge in [0.15, 0.2) is 0 Å². The zero-order valence-electron chi connectivity index (χ0n) is 9.30. The van der Waals surface area contributed by atoms with Crippen LogP contribution in [0.4, 0.5) is 0 Å². The number of hydrogen-bond donors (Lipinski definition) is 0. The highest BCUT2D eigenvalue weighted by molar-refractivity contribution is 5.28. The lowest BCUT2D eigenvalue weighted by Crippen LogP contribution is -2.30. The summed E-state index contributed by atoms with van der Waals surface area (Å²) in [4.78, 5) is 0. The van der Waals surface area contributed by atoms with Gasteiger partial charge in [0.25, 0.3) is 0 Å². The van der Waals surface area contributed by atoms with Gasteiger partial charge in [0, 0.05) is 5.92 Å². The normalized spacial score (nSPS) is 30.9. The van der Waals surface area contributed by atoms with Crippen LogP contribution in [0.2, 0.25) is 0 Å². The molecule has 1 nitrogen and oxygen atoms in total. The molecule has 0 aliphatic heterocycles. The van der Waals surface area contributed by atoms with E-state index in [0.29, 0.717) is 12.5 Å². The van der Waals surface area contributed by atoms with E-state index in [1.54, 1.807) is 0 Å². The molecule has 0 N–H and O–H groups in total. The van der Waals surface area contributed by atoms with E-state index in [4.69, 9.17) is 4.74 Å². The molecule has 0 aromatic heterocycles. The van der Waals surface area contributed by atoms with E-state index in [9.17, 15) is 0 Å². The van der Waals surface area contributed by atoms with Gasteiger partial charge in [0.05, 0.1) is 6.61 Å². The molecule has 1 aromatic carbocycles. The average molecular weight is 212 g/mol. The van der Waals surface area contributed by atoms with Crippen LogP contribution in [-0.4, -0.2) is 5.60 Å². The van der Waals surface area contributed by atoms with Gasteiger partial charge in [-0.25, -0.2) is 0 Å². The molecule has 1 aromatic rings. The fraction of sp³-hybridized carbons (Fsp3) is 0.333. The van der Waals surface area contributed by atoms with E-state index in [2.05, 4.69) is 48.6 Å². The molecule has 16 heavy (non-hydrogen) atoms. The van der Waals surface area contributed by atoms with Crippen LogP contribution in [0.1, 0.15) is 18.4 Å². The highest BCUT2D eigenvalue weighted by Gasteiger charge is 2.40. The van der Waals surface area contributed by atoms with E-state index in [1.165, 1.54) is 5.56 Å². The van der Waals surface area contributed by atoms with Crippen molar-refractivity contribution in [2.45, 2.75) is 25.0 Å². The molecule has 0 heterocycles. The van der Waals surface area contributed by atoms with Crippen molar-refractivity contribution in [3.63, 3.8) is 0 Å². The van der Waals surface area contributed by atoms with Crippen LogP contribution in [-0.2, 0) is 11.3 Å². The van der Waals surface area contributed by atoms with Crippen molar-refractivity contribution in [2.75, 3.05) is 0 Å². The van der Waals surface area contributed by atoms with Gasteiger partial charge < -0.3 is 4.74 Å². The van der Waals surface area contributed by atoms with E-state index < -0.39 is 0 Å². The number of fused-ring (bicyclic) bond motifs is 1. The molecular formula is C15H16O. The summed E-state index contributed by atoms with van der Waals surface area (Å²) >= 11 is 0. The van der Waals surface area contributed by atoms with Gasteiger partial charge in [-0.15, -0.1) is 0 Å². The molecule has 82 valence electrons. The Balaban J connectivity index is 1.71. The van der Waals surface area contributed by atoms with Crippen LogP contribution in [0.15, 0.2) is 54.6 Å². The Hall–Kier alpha value is -1.34. The predicted molar refractivity (Wildman–Crippen MR) is 65.0 cm³/mol. The standard InChI is InChI=1S/C15H16O/c1-2-6-13(7-3-1)12-16-15-10-4-8-14(15)9-5-11-15/h1-7,10-11,14H,8-9,12H2. The van der Waals surface area contributed by atoms with Crippen molar-refractivity contribution in [2.24, 2.45) is 5.92 Å². The Labute approximate surface area is 96.4 Å². The molecule has 0 fully saturated rings. The second kappa shape index (κ2) is 3.91. The minimum absolute atomic E-state index is 0.101. The van der Waals surface area contributed by atoms with Crippen molar-refractivity contribution >= 4 is 0 Å². The van der Waals surface area contributed by atoms with E-state index in [1.807, 2.05) is 6.07 Å². The van der Waals surface area contributed by atoms with Crippen LogP contribution in [0, 0.1) is 5.92 Å². The summed E-state index contributed by atoms with van der Waals surface area (Å²) < 4.78 is 6.13. The summed E-state index contributed by atoms with van der Waals surface area (Å²) in [6.07, 6.45) is 11.3. The molecule has 0 spiro atoms. The molecule has 0 radical (unpaired) electrons. The monoisotopic (exact) mass is 212 g/mol. The van der Waals surface area contributed by atoms with Crippen molar-refractivity contribution in [1.82, 2.24) is 0 Å². The van der Waals surface area contributed by atoms with Crippen LogP contribution in [0.3, 0.4) is 0 Å². The summed E-state index contributed by atoms with van der Waals surface area (Å²) in [5, 5.41) is 0. The van der Waals surface area contributed by atoms with Crippen LogP contribution < -0.4 is 0 Å². The Morgan fingerprint density at radius 3 is 2.44 bits per heavy atom. The molecule has 0 unspecified atom stereocenters. The lowest BCUT2D eigenvalue weighted by atomic mass is 9.94. The fourth-order valence-corrected chi connectivity index (χ4v) is 2.62. The first-order valence-corrected chi connectivity index (χ1v) is 5.92. The molecule has 2 aliphatic carbocycles. The second-order valence-electron chi connectivity index (χ2n) is 4.60. The van der Waals surface area contributed by atoms with E-state index >= 15 is 0 Å². The third-order valence-electron chi connectivity index (χ3n) is 3.57. The Morgan fingerprint density at radius 1 is 1.06 bits per heavy atom. The minimum Gasteiger partial charge on any atom is -0.362 e. The predicted octanol–water partition coefficient (Wildman–Crippen LogP) is 3.48. The summed E-state index contributed by atoms with van der Waals surface area (Å²) in [7, 11) is 0. The molecule has 0 bridgehead atoms. The number of rotatable bonds is 3. The average Bonchev–Trinajstić information content (AvgIpc) is 2.87. The van der Waals surface area contributed by atoms with Gasteiger partial charge in [-0.05, 0) is 18.4 Å². The van der Waals surface area contributed by atoms with Gasteiger partial charge in [0.1, 0.15) is 5.60 Å². The van der Waals surface area contributed by atoms with Crippen molar-refractivity contribution in [3.8, 4) is 0 Å². The maximum Gasteiger partial charge on any atom is 0.108 e. The summed E-state index contributed by atoms with van der Waals surface area (Å²) in [6, 6.07) is 10.4. The van der Waals surface area contributed by atoms with Crippen LogP contribution >= 0.6 is 0 Å².